The fourth-order valence-corrected chi connectivity index (χ4v) is 19.2. The average molecular weight is 1360 g/mol. The smallest absolute Gasteiger partial charge is 0.141 e. The first-order valence-electron chi connectivity index (χ1n) is 36.5. The standard InChI is InChI=1S/C98H72N8/c1-5-67-29-49-87-83(53-67)99-91(103(87)57-71-21-13-9-14-22-71)75-33-41-79(42-34-75)95-61-96(80-43-35-76(36-44-80)92-100-84-54-68(6-2)30-50-88(84)104(92)58-72-23-15-10-16-24-72)64-97(62-95,81-45-37-77(38-46-81)93-101-85-55-69(7-3)31-51-89(85)105(93)59-73-25-17-11-18-26-73)66-98(63-95,65-96)82-47-39-78(40-48-82)94-102-86-56-70(8-4)32-52-90(86)106(94)60-74-27-19-12-20-28-74/h1-4,9-56H,57-66H2. The Morgan fingerprint density at radius 1 is 0.245 bits per heavy atom. The molecular formula is C98H72N8. The lowest BCUT2D eigenvalue weighted by Gasteiger charge is -2.71. The van der Waals surface area contributed by atoms with Crippen LogP contribution in [0.3, 0.4) is 0 Å². The highest BCUT2D eigenvalue weighted by molar-refractivity contribution is 5.86. The zero-order valence-electron chi connectivity index (χ0n) is 58.7. The van der Waals surface area contributed by atoms with Gasteiger partial charge < -0.3 is 18.3 Å². The molecule has 4 aromatic heterocycles. The molecule has 0 N–H and O–H groups in total. The van der Waals surface area contributed by atoms with Crippen LogP contribution >= 0.6 is 0 Å². The summed E-state index contributed by atoms with van der Waals surface area (Å²) in [7, 11) is 0. The molecule has 4 aliphatic carbocycles. The minimum atomic E-state index is -0.301. The number of imidazole rings is 4. The number of rotatable bonds is 16. The number of hydrogen-bond donors (Lipinski definition) is 0. The maximum atomic E-state index is 6.03. The van der Waals surface area contributed by atoms with Crippen LogP contribution in [0.5, 0.6) is 0 Å². The van der Waals surface area contributed by atoms with E-state index in [4.69, 9.17) is 45.6 Å². The van der Waals surface area contributed by atoms with Crippen molar-refractivity contribution in [2.45, 2.75) is 86.4 Å². The van der Waals surface area contributed by atoms with Gasteiger partial charge >= 0.3 is 0 Å². The number of benzene rings is 12. The van der Waals surface area contributed by atoms with E-state index in [9.17, 15) is 0 Å². The maximum absolute atomic E-state index is 6.03. The lowest BCUT2D eigenvalue weighted by Crippen LogP contribution is -2.67. The molecule has 0 amide bonds. The molecule has 106 heavy (non-hydrogen) atoms. The third kappa shape index (κ3) is 10.9. The molecule has 0 saturated heterocycles. The molecule has 0 atom stereocenters. The van der Waals surface area contributed by atoms with Gasteiger partial charge in [0.2, 0.25) is 0 Å². The highest BCUT2D eigenvalue weighted by Gasteiger charge is 2.69. The first kappa shape index (κ1) is 63.7. The van der Waals surface area contributed by atoms with Gasteiger partial charge in [0.25, 0.3) is 0 Å². The van der Waals surface area contributed by atoms with Crippen LogP contribution in [0.4, 0.5) is 0 Å². The Morgan fingerprint density at radius 2 is 0.443 bits per heavy atom. The first-order valence-corrected chi connectivity index (χ1v) is 36.5. The normalized spacial score (nSPS) is 18.6. The molecule has 0 aliphatic heterocycles. The van der Waals surface area contributed by atoms with E-state index in [0.717, 1.165) is 150 Å². The number of terminal acetylenes is 4. The summed E-state index contributed by atoms with van der Waals surface area (Å²) < 4.78 is 9.40. The zero-order valence-corrected chi connectivity index (χ0v) is 58.7. The third-order valence-corrected chi connectivity index (χ3v) is 23.5. The summed E-state index contributed by atoms with van der Waals surface area (Å²) >= 11 is 0. The van der Waals surface area contributed by atoms with Crippen LogP contribution in [0.2, 0.25) is 0 Å². The molecule has 0 spiro atoms. The van der Waals surface area contributed by atoms with Crippen LogP contribution in [0.1, 0.15) is 105 Å². The molecule has 8 heteroatoms. The van der Waals surface area contributed by atoms with Gasteiger partial charge in [-0.25, -0.2) is 19.9 Å². The molecule has 4 heterocycles. The molecule has 8 nitrogen and oxygen atoms in total. The van der Waals surface area contributed by atoms with Gasteiger partial charge in [-0.3, -0.25) is 0 Å². The Hall–Kier alpha value is -13.2. The summed E-state index contributed by atoms with van der Waals surface area (Å²) in [5.41, 5.74) is 24.1. The monoisotopic (exact) mass is 1360 g/mol. The molecular weight excluding hydrogens is 1290 g/mol. The Bertz CT molecular complexity index is 5470. The minimum Gasteiger partial charge on any atom is -0.319 e. The lowest BCUT2D eigenvalue weighted by atomic mass is 9.32. The van der Waals surface area contributed by atoms with Crippen molar-refractivity contribution in [3.05, 3.63) is 358 Å². The number of fused-ring (bicyclic) bond motifs is 4. The van der Waals surface area contributed by atoms with Crippen LogP contribution in [-0.4, -0.2) is 38.2 Å². The van der Waals surface area contributed by atoms with Gasteiger partial charge in [-0.05, 0) is 177 Å². The maximum Gasteiger partial charge on any atom is 0.141 e. The van der Waals surface area contributed by atoms with Gasteiger partial charge in [-0.2, -0.15) is 0 Å². The molecule has 20 rings (SSSR count). The van der Waals surface area contributed by atoms with Crippen molar-refractivity contribution in [3.8, 4) is 94.9 Å². The van der Waals surface area contributed by atoms with Gasteiger partial charge in [0.05, 0.1) is 44.1 Å². The van der Waals surface area contributed by atoms with E-state index in [-0.39, 0.29) is 21.7 Å². The highest BCUT2D eigenvalue weighted by atomic mass is 15.1. The van der Waals surface area contributed by atoms with E-state index < -0.39 is 0 Å². The van der Waals surface area contributed by atoms with E-state index in [0.29, 0.717) is 26.2 Å². The lowest BCUT2D eigenvalue weighted by molar-refractivity contribution is -0.0691. The van der Waals surface area contributed by atoms with Crippen molar-refractivity contribution in [1.29, 1.82) is 0 Å². The summed E-state index contributed by atoms with van der Waals surface area (Å²) in [6.45, 7) is 2.63. The summed E-state index contributed by atoms with van der Waals surface area (Å²) in [6.07, 6.45) is 29.9. The van der Waals surface area contributed by atoms with Gasteiger partial charge in [0.15, 0.2) is 0 Å². The largest absolute Gasteiger partial charge is 0.319 e. The van der Waals surface area contributed by atoms with Crippen molar-refractivity contribution < 1.29 is 0 Å². The van der Waals surface area contributed by atoms with Crippen LogP contribution < -0.4 is 0 Å². The third-order valence-electron chi connectivity index (χ3n) is 23.5. The van der Waals surface area contributed by atoms with Crippen molar-refractivity contribution in [2.75, 3.05) is 0 Å². The van der Waals surface area contributed by atoms with Gasteiger partial charge in [-0.15, -0.1) is 25.7 Å². The highest BCUT2D eigenvalue weighted by Crippen LogP contribution is 2.75. The predicted molar refractivity (Wildman–Crippen MR) is 429 cm³/mol. The Kier molecular flexibility index (Phi) is 15.2. The summed E-state index contributed by atoms with van der Waals surface area (Å²) in [6, 6.07) is 106. The van der Waals surface area contributed by atoms with E-state index in [1.165, 1.54) is 44.5 Å². The molecule has 4 fully saturated rings. The van der Waals surface area contributed by atoms with Gasteiger partial charge in [0, 0.05) is 70.7 Å². The molecule has 12 aromatic carbocycles. The summed E-state index contributed by atoms with van der Waals surface area (Å²) in [5.74, 6) is 15.1. The predicted octanol–water partition coefficient (Wildman–Crippen LogP) is 20.3. The van der Waals surface area contributed by atoms with Crippen LogP contribution in [0, 0.1) is 49.4 Å². The van der Waals surface area contributed by atoms with Crippen LogP contribution in [0.25, 0.3) is 89.7 Å². The Balaban J connectivity index is 0.793. The van der Waals surface area contributed by atoms with E-state index >= 15 is 0 Å². The fraction of sp³-hybridized carbons (Fsp3) is 0.143. The van der Waals surface area contributed by atoms with Crippen molar-refractivity contribution in [2.24, 2.45) is 0 Å². The fourth-order valence-electron chi connectivity index (χ4n) is 19.2. The van der Waals surface area contributed by atoms with Gasteiger partial charge in [-0.1, -0.05) is 242 Å². The number of aromatic nitrogens is 8. The quantitative estimate of drug-likeness (QED) is 0.0904. The molecule has 0 unspecified atom stereocenters. The van der Waals surface area contributed by atoms with E-state index in [1.807, 2.05) is 48.5 Å². The van der Waals surface area contributed by atoms with Gasteiger partial charge in [0.1, 0.15) is 23.3 Å². The molecule has 4 bridgehead atoms. The SMILES string of the molecule is C#Cc1ccc2c(c1)nc(-c1ccc(C34CC5(c6ccc(-c7nc8cc(C#C)ccc8n7Cc7ccccc7)cc6)CC(c6ccc(-c7nc8cc(C#C)ccc8n7Cc7ccccc7)cc6)(C3)CC(c3ccc(-c6nc7cc(C#C)ccc7n6Cc6ccccc6)cc3)(C4)C5)cc1)n2Cc1ccccc1. The Morgan fingerprint density at radius 3 is 0.632 bits per heavy atom. The number of hydrogen-bond acceptors (Lipinski definition) is 4. The molecule has 0 radical (unpaired) electrons. The minimum absolute atomic E-state index is 0.301. The molecule has 504 valence electrons. The van der Waals surface area contributed by atoms with Crippen molar-refractivity contribution in [3.63, 3.8) is 0 Å². The summed E-state index contributed by atoms with van der Waals surface area (Å²) in [5, 5.41) is 0. The van der Waals surface area contributed by atoms with Crippen molar-refractivity contribution >= 4 is 44.1 Å². The van der Waals surface area contributed by atoms with E-state index in [1.54, 1.807) is 0 Å². The van der Waals surface area contributed by atoms with Crippen LogP contribution in [-0.2, 0) is 47.8 Å². The summed E-state index contributed by atoms with van der Waals surface area (Å²) in [4.78, 5) is 21.7. The second kappa shape index (κ2) is 25.3. The second-order valence-electron chi connectivity index (χ2n) is 29.9. The van der Waals surface area contributed by atoms with Crippen LogP contribution in [0.15, 0.2) is 291 Å². The first-order chi connectivity index (χ1) is 52.1. The van der Waals surface area contributed by atoms with Crippen molar-refractivity contribution in [1.82, 2.24) is 38.2 Å². The topological polar surface area (TPSA) is 71.3 Å². The molecule has 4 aliphatic rings. The Labute approximate surface area is 617 Å². The van der Waals surface area contributed by atoms with E-state index in [2.05, 4.69) is 285 Å². The molecule has 4 saturated carbocycles. The second-order valence-corrected chi connectivity index (χ2v) is 29.9. The zero-order chi connectivity index (χ0) is 71.1. The molecule has 16 aromatic rings. The number of nitrogens with zero attached hydrogens (tertiary/aromatic N) is 8. The average Bonchev–Trinajstić information content (AvgIpc) is 0.735.